The average molecular weight is 321 g/mol. The maximum Gasteiger partial charge on any atom is 0.318 e. The number of hydrogen-bond acceptors (Lipinski definition) is 2. The number of benzene rings is 2. The predicted molar refractivity (Wildman–Crippen MR) is 90.4 cm³/mol. The highest BCUT2D eigenvalue weighted by Gasteiger charge is 2.05. The standard InChI is InChI=1S/C16H17ClN2OS/c1-18-16(20)19-13-7-8-15(14(17)11-13)21-10-9-12-5-3-2-4-6-12/h2-8,11H,9-10H2,1H3,(H2,18,19,20). The molecule has 0 heterocycles. The van der Waals surface area contributed by atoms with Crippen molar-refractivity contribution in [2.45, 2.75) is 11.3 Å². The van der Waals surface area contributed by atoms with Crippen LogP contribution >= 0.6 is 23.4 Å². The highest BCUT2D eigenvalue weighted by Crippen LogP contribution is 2.30. The number of hydrogen-bond donors (Lipinski definition) is 2. The second-order valence-corrected chi connectivity index (χ2v) is 5.98. The van der Waals surface area contributed by atoms with Gasteiger partial charge in [-0.25, -0.2) is 4.79 Å². The Kier molecular flexibility index (Phi) is 5.96. The number of halogens is 1. The van der Waals surface area contributed by atoms with Crippen LogP contribution in [-0.4, -0.2) is 18.8 Å². The van der Waals surface area contributed by atoms with Crippen LogP contribution in [0.5, 0.6) is 0 Å². The summed E-state index contributed by atoms with van der Waals surface area (Å²) in [6.07, 6.45) is 1.00. The van der Waals surface area contributed by atoms with Crippen LogP contribution in [0.25, 0.3) is 0 Å². The van der Waals surface area contributed by atoms with Crippen molar-refractivity contribution in [1.29, 1.82) is 0 Å². The van der Waals surface area contributed by atoms with Crippen LogP contribution in [0.2, 0.25) is 5.02 Å². The molecule has 0 fully saturated rings. The Bertz CT molecular complexity index is 604. The average Bonchev–Trinajstić information content (AvgIpc) is 2.50. The minimum absolute atomic E-state index is 0.254. The fourth-order valence-electron chi connectivity index (χ4n) is 1.81. The number of anilines is 1. The first-order valence-electron chi connectivity index (χ1n) is 6.64. The Labute approximate surface area is 134 Å². The molecule has 21 heavy (non-hydrogen) atoms. The van der Waals surface area contributed by atoms with E-state index in [0.29, 0.717) is 10.7 Å². The molecular weight excluding hydrogens is 304 g/mol. The smallest absolute Gasteiger partial charge is 0.318 e. The molecule has 0 bridgehead atoms. The van der Waals surface area contributed by atoms with Gasteiger partial charge in [0, 0.05) is 23.4 Å². The Balaban J connectivity index is 1.90. The zero-order valence-electron chi connectivity index (χ0n) is 11.7. The van der Waals surface area contributed by atoms with Gasteiger partial charge in [-0.05, 0) is 30.2 Å². The van der Waals surface area contributed by atoms with Gasteiger partial charge < -0.3 is 10.6 Å². The lowest BCUT2D eigenvalue weighted by Gasteiger charge is -2.08. The van der Waals surface area contributed by atoms with Gasteiger partial charge in [-0.3, -0.25) is 0 Å². The minimum atomic E-state index is -0.254. The van der Waals surface area contributed by atoms with E-state index in [-0.39, 0.29) is 6.03 Å². The van der Waals surface area contributed by atoms with Crippen molar-refractivity contribution in [2.24, 2.45) is 0 Å². The normalized spacial score (nSPS) is 10.2. The van der Waals surface area contributed by atoms with E-state index in [2.05, 4.69) is 22.8 Å². The van der Waals surface area contributed by atoms with Crippen LogP contribution in [0.15, 0.2) is 53.4 Å². The highest BCUT2D eigenvalue weighted by atomic mass is 35.5. The van der Waals surface area contributed by atoms with E-state index in [1.807, 2.05) is 30.3 Å². The Morgan fingerprint density at radius 2 is 1.95 bits per heavy atom. The molecule has 0 radical (unpaired) electrons. The SMILES string of the molecule is CNC(=O)Nc1ccc(SCCc2ccccc2)c(Cl)c1. The van der Waals surface area contributed by atoms with Gasteiger partial charge >= 0.3 is 6.03 Å². The summed E-state index contributed by atoms with van der Waals surface area (Å²) in [5.74, 6) is 0.964. The third kappa shape index (κ3) is 4.99. The molecule has 0 aliphatic carbocycles. The molecule has 0 unspecified atom stereocenters. The molecule has 0 aromatic heterocycles. The van der Waals surface area contributed by atoms with Gasteiger partial charge in [0.1, 0.15) is 0 Å². The van der Waals surface area contributed by atoms with E-state index in [0.717, 1.165) is 17.1 Å². The topological polar surface area (TPSA) is 41.1 Å². The molecule has 2 aromatic carbocycles. The summed E-state index contributed by atoms with van der Waals surface area (Å²) in [7, 11) is 1.57. The number of rotatable bonds is 5. The monoisotopic (exact) mass is 320 g/mol. The number of urea groups is 1. The number of thioether (sulfide) groups is 1. The summed E-state index contributed by atoms with van der Waals surface area (Å²) in [5, 5.41) is 5.85. The second kappa shape index (κ2) is 7.96. The lowest BCUT2D eigenvalue weighted by atomic mass is 10.2. The summed E-state index contributed by atoms with van der Waals surface area (Å²) >= 11 is 7.96. The maximum absolute atomic E-state index is 11.2. The predicted octanol–water partition coefficient (Wildman–Crippen LogP) is 4.43. The van der Waals surface area contributed by atoms with Crippen molar-refractivity contribution in [1.82, 2.24) is 5.32 Å². The van der Waals surface area contributed by atoms with Gasteiger partial charge in [0.25, 0.3) is 0 Å². The van der Waals surface area contributed by atoms with Crippen molar-refractivity contribution >= 4 is 35.1 Å². The number of carbonyl (C=O) groups is 1. The zero-order chi connectivity index (χ0) is 15.1. The molecule has 0 atom stereocenters. The van der Waals surface area contributed by atoms with Crippen LogP contribution < -0.4 is 10.6 Å². The van der Waals surface area contributed by atoms with Gasteiger partial charge in [-0.2, -0.15) is 0 Å². The van der Waals surface area contributed by atoms with E-state index in [4.69, 9.17) is 11.6 Å². The molecule has 2 N–H and O–H groups in total. The Hall–Kier alpha value is -1.65. The van der Waals surface area contributed by atoms with E-state index >= 15 is 0 Å². The molecule has 0 saturated carbocycles. The molecule has 0 aliphatic rings. The third-order valence-electron chi connectivity index (χ3n) is 2.91. The van der Waals surface area contributed by atoms with E-state index in [1.54, 1.807) is 24.9 Å². The molecular formula is C16H17ClN2OS. The number of aryl methyl sites for hydroxylation is 1. The van der Waals surface area contributed by atoms with Crippen molar-refractivity contribution in [3.05, 3.63) is 59.1 Å². The molecule has 2 rings (SSSR count). The minimum Gasteiger partial charge on any atom is -0.341 e. The summed E-state index contributed by atoms with van der Waals surface area (Å²) in [5.41, 5.74) is 2.01. The van der Waals surface area contributed by atoms with E-state index in [9.17, 15) is 4.79 Å². The van der Waals surface area contributed by atoms with Crippen LogP contribution in [0.3, 0.4) is 0 Å². The van der Waals surface area contributed by atoms with Crippen LogP contribution in [0, 0.1) is 0 Å². The van der Waals surface area contributed by atoms with Crippen molar-refractivity contribution in [3.63, 3.8) is 0 Å². The summed E-state index contributed by atoms with van der Waals surface area (Å²) < 4.78 is 0. The summed E-state index contributed by atoms with van der Waals surface area (Å²) in [6, 6.07) is 15.7. The molecule has 3 nitrogen and oxygen atoms in total. The van der Waals surface area contributed by atoms with Gasteiger partial charge in [0.15, 0.2) is 0 Å². The maximum atomic E-state index is 11.2. The van der Waals surface area contributed by atoms with Crippen molar-refractivity contribution < 1.29 is 4.79 Å². The molecule has 110 valence electrons. The first-order valence-corrected chi connectivity index (χ1v) is 8.00. The Morgan fingerprint density at radius 3 is 2.62 bits per heavy atom. The Morgan fingerprint density at radius 1 is 1.19 bits per heavy atom. The molecule has 2 aromatic rings. The quantitative estimate of drug-likeness (QED) is 0.800. The highest BCUT2D eigenvalue weighted by molar-refractivity contribution is 7.99. The van der Waals surface area contributed by atoms with Gasteiger partial charge in [-0.1, -0.05) is 41.9 Å². The lowest BCUT2D eigenvalue weighted by molar-refractivity contribution is 0.254. The lowest BCUT2D eigenvalue weighted by Crippen LogP contribution is -2.24. The van der Waals surface area contributed by atoms with Crippen molar-refractivity contribution in [2.75, 3.05) is 18.1 Å². The molecule has 0 aliphatic heterocycles. The first-order chi connectivity index (χ1) is 10.2. The van der Waals surface area contributed by atoms with Gasteiger partial charge in [-0.15, -0.1) is 11.8 Å². The van der Waals surface area contributed by atoms with E-state index in [1.165, 1.54) is 5.56 Å². The molecule has 2 amide bonds. The summed E-state index contributed by atoms with van der Waals surface area (Å²) in [6.45, 7) is 0. The number of carbonyl (C=O) groups excluding carboxylic acids is 1. The fourth-order valence-corrected chi connectivity index (χ4v) is 3.08. The number of amides is 2. The zero-order valence-corrected chi connectivity index (χ0v) is 13.3. The van der Waals surface area contributed by atoms with Crippen LogP contribution in [-0.2, 0) is 6.42 Å². The van der Waals surface area contributed by atoms with Crippen LogP contribution in [0.1, 0.15) is 5.56 Å². The van der Waals surface area contributed by atoms with Crippen LogP contribution in [0.4, 0.5) is 10.5 Å². The second-order valence-electron chi connectivity index (χ2n) is 4.43. The van der Waals surface area contributed by atoms with E-state index < -0.39 is 0 Å². The van der Waals surface area contributed by atoms with Crippen molar-refractivity contribution in [3.8, 4) is 0 Å². The third-order valence-corrected chi connectivity index (χ3v) is 4.41. The number of nitrogens with one attached hydrogen (secondary N) is 2. The summed E-state index contributed by atoms with van der Waals surface area (Å²) in [4.78, 5) is 12.3. The van der Waals surface area contributed by atoms with Gasteiger partial charge in [0.05, 0.1) is 5.02 Å². The first kappa shape index (κ1) is 15.7. The largest absolute Gasteiger partial charge is 0.341 e. The fraction of sp³-hybridized carbons (Fsp3) is 0.188. The molecule has 0 saturated heterocycles. The molecule has 0 spiro atoms. The van der Waals surface area contributed by atoms with Gasteiger partial charge in [0.2, 0.25) is 0 Å². The molecule has 5 heteroatoms.